The SMILES string of the molecule is CCc1ccc(NC(=O)CSc2nnc(-c3ccc(OC)c(OC)c3)o2)cc1. The number of methoxy groups -OCH3 is 2. The van der Waals surface area contributed by atoms with Gasteiger partial charge in [-0.25, -0.2) is 0 Å². The molecule has 0 aliphatic heterocycles. The van der Waals surface area contributed by atoms with E-state index in [1.807, 2.05) is 24.3 Å². The lowest BCUT2D eigenvalue weighted by Crippen LogP contribution is -2.13. The number of anilines is 1. The first-order chi connectivity index (χ1) is 13.6. The van der Waals surface area contributed by atoms with Crippen LogP contribution in [0.2, 0.25) is 0 Å². The van der Waals surface area contributed by atoms with Crippen molar-refractivity contribution in [2.75, 3.05) is 25.3 Å². The molecule has 2 aromatic carbocycles. The number of carbonyl (C=O) groups excluding carboxylic acids is 1. The van der Waals surface area contributed by atoms with E-state index in [9.17, 15) is 4.79 Å². The van der Waals surface area contributed by atoms with E-state index in [0.717, 1.165) is 12.1 Å². The minimum absolute atomic E-state index is 0.139. The van der Waals surface area contributed by atoms with Crippen LogP contribution in [0.25, 0.3) is 11.5 Å². The summed E-state index contributed by atoms with van der Waals surface area (Å²) in [7, 11) is 3.13. The van der Waals surface area contributed by atoms with Crippen LogP contribution in [0.15, 0.2) is 52.1 Å². The third kappa shape index (κ3) is 4.83. The Labute approximate surface area is 167 Å². The lowest BCUT2D eigenvalue weighted by Gasteiger charge is -2.07. The van der Waals surface area contributed by atoms with Gasteiger partial charge < -0.3 is 19.2 Å². The number of rotatable bonds is 8. The van der Waals surface area contributed by atoms with Crippen molar-refractivity contribution in [3.8, 4) is 23.0 Å². The first kappa shape index (κ1) is 19.8. The molecule has 1 aromatic heterocycles. The van der Waals surface area contributed by atoms with Crippen LogP contribution in [-0.2, 0) is 11.2 Å². The molecule has 0 aliphatic carbocycles. The average molecular weight is 399 g/mol. The quantitative estimate of drug-likeness (QED) is 0.572. The molecule has 8 heteroatoms. The van der Waals surface area contributed by atoms with Gasteiger partial charge in [0.1, 0.15) is 0 Å². The van der Waals surface area contributed by atoms with Crippen molar-refractivity contribution in [3.05, 3.63) is 48.0 Å². The van der Waals surface area contributed by atoms with Gasteiger partial charge in [-0.3, -0.25) is 4.79 Å². The third-order valence-corrected chi connectivity index (χ3v) is 4.83. The zero-order valence-electron chi connectivity index (χ0n) is 15.9. The first-order valence-corrected chi connectivity index (χ1v) is 9.69. The third-order valence-electron chi connectivity index (χ3n) is 4.01. The average Bonchev–Trinajstić information content (AvgIpc) is 3.21. The molecule has 0 spiro atoms. The van der Waals surface area contributed by atoms with Gasteiger partial charge in [-0.15, -0.1) is 10.2 Å². The number of hydrogen-bond donors (Lipinski definition) is 1. The van der Waals surface area contributed by atoms with Gasteiger partial charge in [-0.05, 0) is 42.3 Å². The highest BCUT2D eigenvalue weighted by Gasteiger charge is 2.14. The molecule has 3 rings (SSSR count). The molecule has 3 aromatic rings. The fraction of sp³-hybridized carbons (Fsp3) is 0.250. The van der Waals surface area contributed by atoms with Gasteiger partial charge in [0.05, 0.1) is 20.0 Å². The summed E-state index contributed by atoms with van der Waals surface area (Å²) < 4.78 is 16.1. The molecule has 28 heavy (non-hydrogen) atoms. The smallest absolute Gasteiger partial charge is 0.277 e. The van der Waals surface area contributed by atoms with Gasteiger partial charge >= 0.3 is 0 Å². The molecule has 0 bridgehead atoms. The normalized spacial score (nSPS) is 10.5. The highest BCUT2D eigenvalue weighted by Crippen LogP contribution is 2.32. The van der Waals surface area contributed by atoms with E-state index >= 15 is 0 Å². The molecule has 0 radical (unpaired) electrons. The summed E-state index contributed by atoms with van der Waals surface area (Å²) in [5.74, 6) is 1.56. The van der Waals surface area contributed by atoms with E-state index in [0.29, 0.717) is 28.2 Å². The van der Waals surface area contributed by atoms with Crippen molar-refractivity contribution >= 4 is 23.4 Å². The minimum atomic E-state index is -0.139. The van der Waals surface area contributed by atoms with Crippen LogP contribution in [0.1, 0.15) is 12.5 Å². The zero-order chi connectivity index (χ0) is 19.9. The number of thioether (sulfide) groups is 1. The molecule has 0 unspecified atom stereocenters. The molecule has 1 amide bonds. The molecule has 0 atom stereocenters. The highest BCUT2D eigenvalue weighted by molar-refractivity contribution is 7.99. The zero-order valence-corrected chi connectivity index (χ0v) is 16.7. The van der Waals surface area contributed by atoms with Crippen LogP contribution in [-0.4, -0.2) is 36.1 Å². The Balaban J connectivity index is 1.59. The predicted octanol–water partition coefficient (Wildman–Crippen LogP) is 4.05. The largest absolute Gasteiger partial charge is 0.493 e. The molecule has 1 heterocycles. The van der Waals surface area contributed by atoms with Gasteiger partial charge in [-0.2, -0.15) is 0 Å². The fourth-order valence-corrected chi connectivity index (χ4v) is 3.07. The number of aromatic nitrogens is 2. The molecule has 0 saturated carbocycles. The number of amides is 1. The number of carbonyl (C=O) groups is 1. The van der Waals surface area contributed by atoms with E-state index in [-0.39, 0.29) is 11.7 Å². The van der Waals surface area contributed by atoms with E-state index in [1.54, 1.807) is 32.4 Å². The topological polar surface area (TPSA) is 86.5 Å². The van der Waals surface area contributed by atoms with Crippen molar-refractivity contribution in [2.24, 2.45) is 0 Å². The van der Waals surface area contributed by atoms with Crippen molar-refractivity contribution in [2.45, 2.75) is 18.6 Å². The van der Waals surface area contributed by atoms with Gasteiger partial charge in [-0.1, -0.05) is 30.8 Å². The molecule has 0 fully saturated rings. The maximum Gasteiger partial charge on any atom is 0.277 e. The van der Waals surface area contributed by atoms with Crippen LogP contribution in [0, 0.1) is 0 Å². The van der Waals surface area contributed by atoms with Crippen LogP contribution in [0.5, 0.6) is 11.5 Å². The maximum absolute atomic E-state index is 12.1. The summed E-state index contributed by atoms with van der Waals surface area (Å²) >= 11 is 1.18. The Hall–Kier alpha value is -3.00. The molecular weight excluding hydrogens is 378 g/mol. The Bertz CT molecular complexity index is 941. The van der Waals surface area contributed by atoms with Crippen molar-refractivity contribution < 1.29 is 18.7 Å². The Morgan fingerprint density at radius 1 is 1.07 bits per heavy atom. The van der Waals surface area contributed by atoms with Crippen molar-refractivity contribution in [1.29, 1.82) is 0 Å². The predicted molar refractivity (Wildman–Crippen MR) is 108 cm³/mol. The maximum atomic E-state index is 12.1. The summed E-state index contributed by atoms with van der Waals surface area (Å²) in [5.41, 5.74) is 2.69. The summed E-state index contributed by atoms with van der Waals surface area (Å²) in [6.07, 6.45) is 0.962. The standard InChI is InChI=1S/C20H21N3O4S/c1-4-13-5-8-15(9-6-13)21-18(24)12-28-20-23-22-19(27-20)14-7-10-16(25-2)17(11-14)26-3/h5-11H,4,12H2,1-3H3,(H,21,24). The van der Waals surface area contributed by atoms with E-state index in [1.165, 1.54) is 17.3 Å². The second-order valence-corrected chi connectivity index (χ2v) is 6.76. The van der Waals surface area contributed by atoms with E-state index in [2.05, 4.69) is 22.4 Å². The van der Waals surface area contributed by atoms with Gasteiger partial charge in [0.2, 0.25) is 11.8 Å². The minimum Gasteiger partial charge on any atom is -0.493 e. The lowest BCUT2D eigenvalue weighted by molar-refractivity contribution is -0.113. The van der Waals surface area contributed by atoms with Crippen LogP contribution >= 0.6 is 11.8 Å². The van der Waals surface area contributed by atoms with Crippen LogP contribution in [0.3, 0.4) is 0 Å². The second-order valence-electron chi connectivity index (χ2n) is 5.83. The first-order valence-electron chi connectivity index (χ1n) is 8.70. The van der Waals surface area contributed by atoms with E-state index < -0.39 is 0 Å². The van der Waals surface area contributed by atoms with E-state index in [4.69, 9.17) is 13.9 Å². The van der Waals surface area contributed by atoms with Crippen molar-refractivity contribution in [3.63, 3.8) is 0 Å². The fourth-order valence-electron chi connectivity index (χ4n) is 2.50. The molecule has 0 saturated heterocycles. The Morgan fingerprint density at radius 2 is 1.82 bits per heavy atom. The Kier molecular flexibility index (Phi) is 6.54. The highest BCUT2D eigenvalue weighted by atomic mass is 32.2. The Morgan fingerprint density at radius 3 is 2.50 bits per heavy atom. The van der Waals surface area contributed by atoms with Gasteiger partial charge in [0.25, 0.3) is 5.22 Å². The summed E-state index contributed by atoms with van der Waals surface area (Å²) in [6.45, 7) is 2.09. The number of benzene rings is 2. The summed E-state index contributed by atoms with van der Waals surface area (Å²) in [4.78, 5) is 12.1. The van der Waals surface area contributed by atoms with Crippen molar-refractivity contribution in [1.82, 2.24) is 10.2 Å². The summed E-state index contributed by atoms with van der Waals surface area (Å²) in [6, 6.07) is 13.1. The van der Waals surface area contributed by atoms with Crippen LogP contribution in [0.4, 0.5) is 5.69 Å². The van der Waals surface area contributed by atoms with Gasteiger partial charge in [0, 0.05) is 11.3 Å². The number of nitrogens with one attached hydrogen (secondary N) is 1. The number of hydrogen-bond acceptors (Lipinski definition) is 7. The monoisotopic (exact) mass is 399 g/mol. The number of aryl methyl sites for hydroxylation is 1. The van der Waals surface area contributed by atoms with Crippen LogP contribution < -0.4 is 14.8 Å². The number of ether oxygens (including phenoxy) is 2. The molecule has 1 N–H and O–H groups in total. The molecule has 0 aliphatic rings. The second kappa shape index (κ2) is 9.27. The molecule has 7 nitrogen and oxygen atoms in total. The lowest BCUT2D eigenvalue weighted by atomic mass is 10.1. The molecule has 146 valence electrons. The number of nitrogens with zero attached hydrogens (tertiary/aromatic N) is 2. The summed E-state index contributed by atoms with van der Waals surface area (Å²) in [5, 5.41) is 11.2. The molecular formula is C20H21N3O4S. The van der Waals surface area contributed by atoms with Gasteiger partial charge in [0.15, 0.2) is 11.5 Å².